The Kier molecular flexibility index (Phi) is 3.74. The van der Waals surface area contributed by atoms with Crippen LogP contribution in [0.2, 0.25) is 0 Å². The van der Waals surface area contributed by atoms with Gasteiger partial charge < -0.3 is 14.6 Å². The Morgan fingerprint density at radius 3 is 2.40 bits per heavy atom. The molecule has 0 unspecified atom stereocenters. The summed E-state index contributed by atoms with van der Waals surface area (Å²) in [7, 11) is 2.94. The highest BCUT2D eigenvalue weighted by Crippen LogP contribution is 2.34. The standard InChI is InChI=1S/C11H12O4/c1-14-10-7-9(13)11(15-2)6-8(10)4-3-5-12/h3-7,13H,1-2H3. The fraction of sp³-hybridized carbons (Fsp3) is 0.182. The minimum Gasteiger partial charge on any atom is -0.504 e. The molecule has 1 aromatic rings. The van der Waals surface area contributed by atoms with E-state index in [9.17, 15) is 9.90 Å². The van der Waals surface area contributed by atoms with E-state index in [-0.39, 0.29) is 5.75 Å². The smallest absolute Gasteiger partial charge is 0.161 e. The summed E-state index contributed by atoms with van der Waals surface area (Å²) in [5.74, 6) is 0.811. The van der Waals surface area contributed by atoms with Gasteiger partial charge in [-0.1, -0.05) is 0 Å². The first kappa shape index (κ1) is 11.1. The van der Waals surface area contributed by atoms with Gasteiger partial charge in [0.1, 0.15) is 12.0 Å². The molecule has 0 radical (unpaired) electrons. The van der Waals surface area contributed by atoms with Crippen molar-refractivity contribution in [3.63, 3.8) is 0 Å². The monoisotopic (exact) mass is 208 g/mol. The Hall–Kier alpha value is -1.97. The fourth-order valence-corrected chi connectivity index (χ4v) is 1.18. The van der Waals surface area contributed by atoms with E-state index in [1.807, 2.05) is 0 Å². The van der Waals surface area contributed by atoms with E-state index in [0.29, 0.717) is 23.3 Å². The molecule has 80 valence electrons. The third kappa shape index (κ3) is 2.49. The van der Waals surface area contributed by atoms with Crippen LogP contribution < -0.4 is 9.47 Å². The zero-order chi connectivity index (χ0) is 11.3. The van der Waals surface area contributed by atoms with Gasteiger partial charge in [-0.3, -0.25) is 4.79 Å². The maximum absolute atomic E-state index is 10.2. The first-order valence-corrected chi connectivity index (χ1v) is 4.29. The van der Waals surface area contributed by atoms with Crippen LogP contribution in [0.4, 0.5) is 0 Å². The first-order valence-electron chi connectivity index (χ1n) is 4.29. The predicted octanol–water partition coefficient (Wildman–Crippen LogP) is 1.62. The van der Waals surface area contributed by atoms with Crippen molar-refractivity contribution in [3.05, 3.63) is 23.8 Å². The van der Waals surface area contributed by atoms with Gasteiger partial charge in [0.25, 0.3) is 0 Å². The second kappa shape index (κ2) is 5.05. The van der Waals surface area contributed by atoms with Gasteiger partial charge in [-0.25, -0.2) is 0 Å². The molecule has 4 nitrogen and oxygen atoms in total. The van der Waals surface area contributed by atoms with E-state index < -0.39 is 0 Å². The second-order valence-corrected chi connectivity index (χ2v) is 2.76. The Balaban J connectivity index is 3.21. The predicted molar refractivity (Wildman–Crippen MR) is 56.3 cm³/mol. The van der Waals surface area contributed by atoms with Crippen molar-refractivity contribution in [3.8, 4) is 17.2 Å². The zero-order valence-electron chi connectivity index (χ0n) is 8.56. The molecule has 0 spiro atoms. The minimum absolute atomic E-state index is 0.00222. The van der Waals surface area contributed by atoms with E-state index in [1.165, 1.54) is 26.4 Å². The number of phenolic OH excluding ortho intramolecular Hbond substituents is 1. The van der Waals surface area contributed by atoms with Crippen LogP contribution in [-0.2, 0) is 4.79 Å². The lowest BCUT2D eigenvalue weighted by Gasteiger charge is -2.09. The van der Waals surface area contributed by atoms with Crippen LogP contribution in [0.3, 0.4) is 0 Å². The molecule has 0 amide bonds. The van der Waals surface area contributed by atoms with Crippen LogP contribution in [0.15, 0.2) is 18.2 Å². The molecule has 0 saturated carbocycles. The highest BCUT2D eigenvalue weighted by atomic mass is 16.5. The van der Waals surface area contributed by atoms with Gasteiger partial charge in [0.15, 0.2) is 11.5 Å². The highest BCUT2D eigenvalue weighted by molar-refractivity contribution is 5.76. The molecule has 0 aromatic heterocycles. The van der Waals surface area contributed by atoms with E-state index >= 15 is 0 Å². The summed E-state index contributed by atoms with van der Waals surface area (Å²) in [6.07, 6.45) is 3.58. The number of hydrogen-bond acceptors (Lipinski definition) is 4. The number of benzene rings is 1. The number of aromatic hydroxyl groups is 1. The number of carbonyl (C=O) groups excluding carboxylic acids is 1. The van der Waals surface area contributed by atoms with Crippen LogP contribution in [0, 0.1) is 0 Å². The molecule has 0 saturated heterocycles. The summed E-state index contributed by atoms with van der Waals surface area (Å²) in [5.41, 5.74) is 0.666. The number of aldehydes is 1. The van der Waals surface area contributed by atoms with Crippen molar-refractivity contribution in [2.24, 2.45) is 0 Å². The average Bonchev–Trinajstić information content (AvgIpc) is 2.26. The number of rotatable bonds is 4. The van der Waals surface area contributed by atoms with E-state index in [4.69, 9.17) is 9.47 Å². The molecule has 0 aliphatic rings. The van der Waals surface area contributed by atoms with Gasteiger partial charge in [-0.15, -0.1) is 0 Å². The number of allylic oxidation sites excluding steroid dienone is 1. The molecule has 15 heavy (non-hydrogen) atoms. The van der Waals surface area contributed by atoms with Crippen molar-refractivity contribution >= 4 is 12.4 Å². The summed E-state index contributed by atoms with van der Waals surface area (Å²) in [5, 5.41) is 9.47. The molecule has 1 rings (SSSR count). The molecule has 4 heteroatoms. The quantitative estimate of drug-likeness (QED) is 0.603. The van der Waals surface area contributed by atoms with Gasteiger partial charge >= 0.3 is 0 Å². The Labute approximate surface area is 87.7 Å². The summed E-state index contributed by atoms with van der Waals surface area (Å²) in [6.45, 7) is 0. The topological polar surface area (TPSA) is 55.8 Å². The molecule has 0 heterocycles. The van der Waals surface area contributed by atoms with Crippen molar-refractivity contribution < 1.29 is 19.4 Å². The van der Waals surface area contributed by atoms with Crippen LogP contribution in [0.5, 0.6) is 17.2 Å². The minimum atomic E-state index is -0.00222. The van der Waals surface area contributed by atoms with Gasteiger partial charge in [0.05, 0.1) is 14.2 Å². The molecular formula is C11H12O4. The van der Waals surface area contributed by atoms with E-state index in [1.54, 1.807) is 12.1 Å². The second-order valence-electron chi connectivity index (χ2n) is 2.76. The lowest BCUT2D eigenvalue weighted by molar-refractivity contribution is -0.104. The third-order valence-electron chi connectivity index (χ3n) is 1.89. The van der Waals surface area contributed by atoms with Crippen LogP contribution in [0.25, 0.3) is 6.08 Å². The Bertz CT molecular complexity index is 382. The summed E-state index contributed by atoms with van der Waals surface area (Å²) in [4.78, 5) is 10.2. The summed E-state index contributed by atoms with van der Waals surface area (Å²) in [6, 6.07) is 3.03. The number of phenols is 1. The lowest BCUT2D eigenvalue weighted by Crippen LogP contribution is -1.90. The number of ether oxygens (including phenoxy) is 2. The fourth-order valence-electron chi connectivity index (χ4n) is 1.18. The SMILES string of the molecule is COc1cc(C=CC=O)c(OC)cc1O. The first-order chi connectivity index (χ1) is 7.22. The van der Waals surface area contributed by atoms with Crippen molar-refractivity contribution in [2.45, 2.75) is 0 Å². The van der Waals surface area contributed by atoms with E-state index in [2.05, 4.69) is 0 Å². The Morgan fingerprint density at radius 2 is 1.87 bits per heavy atom. The highest BCUT2D eigenvalue weighted by Gasteiger charge is 2.07. The average molecular weight is 208 g/mol. The molecule has 0 atom stereocenters. The number of carbonyl (C=O) groups is 1. The van der Waals surface area contributed by atoms with Crippen LogP contribution in [0.1, 0.15) is 5.56 Å². The molecule has 0 fully saturated rings. The van der Waals surface area contributed by atoms with Crippen LogP contribution in [-0.4, -0.2) is 25.6 Å². The number of hydrogen-bond donors (Lipinski definition) is 1. The lowest BCUT2D eigenvalue weighted by atomic mass is 10.1. The summed E-state index contributed by atoms with van der Waals surface area (Å²) < 4.78 is 9.98. The molecule has 0 aliphatic carbocycles. The van der Waals surface area contributed by atoms with Gasteiger partial charge in [0.2, 0.25) is 0 Å². The van der Waals surface area contributed by atoms with Gasteiger partial charge in [-0.2, -0.15) is 0 Å². The maximum Gasteiger partial charge on any atom is 0.161 e. The summed E-state index contributed by atoms with van der Waals surface area (Å²) >= 11 is 0. The largest absolute Gasteiger partial charge is 0.504 e. The van der Waals surface area contributed by atoms with Gasteiger partial charge in [-0.05, 0) is 18.2 Å². The molecule has 1 N–H and O–H groups in total. The molecule has 1 aromatic carbocycles. The normalized spacial score (nSPS) is 10.3. The number of methoxy groups -OCH3 is 2. The van der Waals surface area contributed by atoms with Crippen molar-refractivity contribution in [2.75, 3.05) is 14.2 Å². The maximum atomic E-state index is 10.2. The third-order valence-corrected chi connectivity index (χ3v) is 1.89. The molecule has 0 bridgehead atoms. The molecule has 0 aliphatic heterocycles. The Morgan fingerprint density at radius 1 is 1.20 bits per heavy atom. The van der Waals surface area contributed by atoms with Gasteiger partial charge in [0, 0.05) is 11.6 Å². The van der Waals surface area contributed by atoms with Crippen molar-refractivity contribution in [1.82, 2.24) is 0 Å². The van der Waals surface area contributed by atoms with E-state index in [0.717, 1.165) is 0 Å². The van der Waals surface area contributed by atoms with Crippen LogP contribution >= 0.6 is 0 Å². The van der Waals surface area contributed by atoms with Crippen molar-refractivity contribution in [1.29, 1.82) is 0 Å². The molecular weight excluding hydrogens is 196 g/mol. The zero-order valence-corrected chi connectivity index (χ0v) is 8.56.